The van der Waals surface area contributed by atoms with Crippen molar-refractivity contribution in [1.82, 2.24) is 0 Å². The molecule has 0 heterocycles. The summed E-state index contributed by atoms with van der Waals surface area (Å²) in [5.74, 6) is -0.0407. The summed E-state index contributed by atoms with van der Waals surface area (Å²) in [7, 11) is 0. The Kier molecular flexibility index (Phi) is 4.27. The van der Waals surface area contributed by atoms with Crippen LogP contribution in [0.5, 0.6) is 0 Å². The molecule has 0 aromatic heterocycles. The van der Waals surface area contributed by atoms with Crippen LogP contribution < -0.4 is 11.1 Å². The van der Waals surface area contributed by atoms with Crippen LogP contribution >= 0.6 is 0 Å². The molecule has 2 rings (SSSR count). The fourth-order valence-electron chi connectivity index (χ4n) is 1.69. The van der Waals surface area contributed by atoms with Crippen LogP contribution in [0, 0.1) is 20.2 Å². The average Bonchev–Trinajstić information content (AvgIpc) is 2.47. The monoisotopic (exact) mass is 301 g/mol. The van der Waals surface area contributed by atoms with Crippen molar-refractivity contribution in [2.75, 3.05) is 5.32 Å². The van der Waals surface area contributed by atoms with Crippen molar-refractivity contribution >= 4 is 28.7 Å². The van der Waals surface area contributed by atoms with Gasteiger partial charge >= 0.3 is 0 Å². The molecular formula is C13H11N5O4. The second-order valence-electron chi connectivity index (χ2n) is 4.21. The van der Waals surface area contributed by atoms with Crippen LogP contribution in [0.15, 0.2) is 53.5 Å². The summed E-state index contributed by atoms with van der Waals surface area (Å²) in [5.41, 5.74) is 6.18. The molecule has 22 heavy (non-hydrogen) atoms. The summed E-state index contributed by atoms with van der Waals surface area (Å²) in [5, 5.41) is 24.0. The molecule has 9 heteroatoms. The maximum absolute atomic E-state index is 10.7. The highest BCUT2D eigenvalue weighted by Gasteiger charge is 2.07. The molecule has 3 N–H and O–H groups in total. The second kappa shape index (κ2) is 6.31. The first-order chi connectivity index (χ1) is 10.5. The Labute approximate surface area is 124 Å². The zero-order valence-electron chi connectivity index (χ0n) is 11.2. The van der Waals surface area contributed by atoms with Crippen molar-refractivity contribution in [3.8, 4) is 0 Å². The van der Waals surface area contributed by atoms with E-state index in [2.05, 4.69) is 10.3 Å². The van der Waals surface area contributed by atoms with Gasteiger partial charge in [0.25, 0.3) is 11.4 Å². The molecule has 0 radical (unpaired) electrons. The van der Waals surface area contributed by atoms with Crippen LogP contribution in [0.3, 0.4) is 0 Å². The number of anilines is 1. The summed E-state index contributed by atoms with van der Waals surface area (Å²) in [6.07, 6.45) is 0. The van der Waals surface area contributed by atoms with Gasteiger partial charge in [0, 0.05) is 30.0 Å². The first-order valence-corrected chi connectivity index (χ1v) is 6.06. The van der Waals surface area contributed by atoms with Crippen LogP contribution in [0.4, 0.5) is 22.7 Å². The van der Waals surface area contributed by atoms with Crippen LogP contribution in [0.1, 0.15) is 0 Å². The van der Waals surface area contributed by atoms with Gasteiger partial charge in [-0.05, 0) is 12.1 Å². The second-order valence-corrected chi connectivity index (χ2v) is 4.21. The molecular weight excluding hydrogens is 290 g/mol. The average molecular weight is 301 g/mol. The standard InChI is InChI=1S/C13H11N5O4/c14-13(15-9-3-1-5-11(7-9)17(19)20)16-10-4-2-6-12(8-10)18(21)22/h1-8H,(H3,14,15,16). The number of non-ortho nitro benzene ring substituents is 2. The molecule has 0 fully saturated rings. The third-order valence-electron chi connectivity index (χ3n) is 2.62. The highest BCUT2D eigenvalue weighted by molar-refractivity contribution is 5.94. The van der Waals surface area contributed by atoms with Gasteiger partial charge < -0.3 is 11.1 Å². The van der Waals surface area contributed by atoms with E-state index in [4.69, 9.17) is 5.73 Å². The minimum atomic E-state index is -0.538. The molecule has 0 saturated heterocycles. The molecule has 0 bridgehead atoms. The van der Waals surface area contributed by atoms with Crippen molar-refractivity contribution in [2.24, 2.45) is 10.7 Å². The van der Waals surface area contributed by atoms with Crippen LogP contribution in [0.2, 0.25) is 0 Å². The predicted molar refractivity (Wildman–Crippen MR) is 81.1 cm³/mol. The minimum absolute atomic E-state index is 0.0407. The molecule has 2 aromatic carbocycles. The molecule has 0 aliphatic rings. The van der Waals surface area contributed by atoms with Crippen molar-refractivity contribution in [3.63, 3.8) is 0 Å². The lowest BCUT2D eigenvalue weighted by Gasteiger charge is -2.05. The van der Waals surface area contributed by atoms with Gasteiger partial charge in [-0.15, -0.1) is 0 Å². The number of aliphatic imine (C=N–C) groups is 1. The summed E-state index contributed by atoms with van der Waals surface area (Å²) in [4.78, 5) is 24.3. The number of hydrogen-bond donors (Lipinski definition) is 2. The molecule has 2 aromatic rings. The number of nitrogens with two attached hydrogens (primary N) is 1. The van der Waals surface area contributed by atoms with Crippen molar-refractivity contribution in [1.29, 1.82) is 0 Å². The summed E-state index contributed by atoms with van der Waals surface area (Å²) < 4.78 is 0. The van der Waals surface area contributed by atoms with Gasteiger partial charge in [-0.3, -0.25) is 20.2 Å². The largest absolute Gasteiger partial charge is 0.369 e. The normalized spacial score (nSPS) is 11.0. The Morgan fingerprint density at radius 3 is 2.23 bits per heavy atom. The lowest BCUT2D eigenvalue weighted by molar-refractivity contribution is -0.385. The predicted octanol–water partition coefficient (Wildman–Crippen LogP) is 2.56. The number of hydrogen-bond acceptors (Lipinski definition) is 5. The maximum atomic E-state index is 10.7. The number of nitrogens with zero attached hydrogens (tertiary/aromatic N) is 3. The van der Waals surface area contributed by atoms with E-state index in [-0.39, 0.29) is 17.3 Å². The fraction of sp³-hybridized carbons (Fsp3) is 0. The molecule has 112 valence electrons. The van der Waals surface area contributed by atoms with E-state index >= 15 is 0 Å². The molecule has 9 nitrogen and oxygen atoms in total. The molecule has 0 spiro atoms. The summed E-state index contributed by atoms with van der Waals surface area (Å²) in [6, 6.07) is 11.4. The third-order valence-corrected chi connectivity index (χ3v) is 2.62. The smallest absolute Gasteiger partial charge is 0.271 e. The van der Waals surface area contributed by atoms with E-state index in [1.54, 1.807) is 12.1 Å². The van der Waals surface area contributed by atoms with E-state index in [0.29, 0.717) is 11.4 Å². The lowest BCUT2D eigenvalue weighted by atomic mass is 10.3. The Hall–Kier alpha value is -3.49. The van der Waals surface area contributed by atoms with Gasteiger partial charge in [-0.1, -0.05) is 12.1 Å². The van der Waals surface area contributed by atoms with Gasteiger partial charge in [0.2, 0.25) is 0 Å². The van der Waals surface area contributed by atoms with Gasteiger partial charge in [0.1, 0.15) is 0 Å². The SMILES string of the molecule is NC(=Nc1cccc([N+](=O)[O-])c1)Nc1cccc([N+](=O)[O-])c1. The zero-order valence-corrected chi connectivity index (χ0v) is 11.2. The van der Waals surface area contributed by atoms with E-state index in [1.807, 2.05) is 0 Å². The fourth-order valence-corrected chi connectivity index (χ4v) is 1.69. The first kappa shape index (κ1) is 14.9. The van der Waals surface area contributed by atoms with E-state index < -0.39 is 9.85 Å². The number of nitro benzene ring substituents is 2. The maximum Gasteiger partial charge on any atom is 0.271 e. The first-order valence-electron chi connectivity index (χ1n) is 6.06. The van der Waals surface area contributed by atoms with Gasteiger partial charge in [0.15, 0.2) is 5.96 Å². The summed E-state index contributed by atoms with van der Waals surface area (Å²) in [6.45, 7) is 0. The number of nitrogens with one attached hydrogen (secondary N) is 1. The number of benzene rings is 2. The van der Waals surface area contributed by atoms with Crippen LogP contribution in [0.25, 0.3) is 0 Å². The van der Waals surface area contributed by atoms with Crippen LogP contribution in [-0.4, -0.2) is 15.8 Å². The third kappa shape index (κ3) is 3.76. The Balaban J connectivity index is 2.19. The molecule has 0 aliphatic heterocycles. The van der Waals surface area contributed by atoms with Gasteiger partial charge in [-0.2, -0.15) is 0 Å². The lowest BCUT2D eigenvalue weighted by Crippen LogP contribution is -2.21. The van der Waals surface area contributed by atoms with E-state index in [0.717, 1.165) is 0 Å². The Morgan fingerprint density at radius 1 is 1.00 bits per heavy atom. The van der Waals surface area contributed by atoms with Crippen molar-refractivity contribution < 1.29 is 9.85 Å². The Morgan fingerprint density at radius 2 is 1.59 bits per heavy atom. The number of nitro groups is 2. The molecule has 0 saturated carbocycles. The highest BCUT2D eigenvalue weighted by Crippen LogP contribution is 2.20. The summed E-state index contributed by atoms with van der Waals surface area (Å²) >= 11 is 0. The molecule has 0 amide bonds. The van der Waals surface area contributed by atoms with Crippen molar-refractivity contribution in [3.05, 3.63) is 68.8 Å². The molecule has 0 aliphatic carbocycles. The zero-order chi connectivity index (χ0) is 16.1. The van der Waals surface area contributed by atoms with E-state index in [9.17, 15) is 20.2 Å². The highest BCUT2D eigenvalue weighted by atomic mass is 16.6. The van der Waals surface area contributed by atoms with E-state index in [1.165, 1.54) is 36.4 Å². The van der Waals surface area contributed by atoms with Gasteiger partial charge in [-0.25, -0.2) is 4.99 Å². The molecule has 0 unspecified atom stereocenters. The van der Waals surface area contributed by atoms with Crippen LogP contribution in [-0.2, 0) is 0 Å². The van der Waals surface area contributed by atoms with Crippen molar-refractivity contribution in [2.45, 2.75) is 0 Å². The van der Waals surface area contributed by atoms with Gasteiger partial charge in [0.05, 0.1) is 15.5 Å². The number of guanidine groups is 1. The quantitative estimate of drug-likeness (QED) is 0.385. The Bertz CT molecular complexity index is 760. The minimum Gasteiger partial charge on any atom is -0.369 e. The molecule has 0 atom stereocenters. The topological polar surface area (TPSA) is 137 Å². The number of rotatable bonds is 4.